The lowest BCUT2D eigenvalue weighted by Crippen LogP contribution is -2.43. The zero-order valence-electron chi connectivity index (χ0n) is 11.1. The Morgan fingerprint density at radius 3 is 2.26 bits per heavy atom. The van der Waals surface area contributed by atoms with Crippen LogP contribution in [0.1, 0.15) is 15.9 Å². The maximum absolute atomic E-state index is 11.5. The first-order chi connectivity index (χ1) is 8.69. The first-order valence-corrected chi connectivity index (χ1v) is 7.40. The van der Waals surface area contributed by atoms with E-state index in [0.717, 1.165) is 38.3 Å². The summed E-state index contributed by atoms with van der Waals surface area (Å²) in [7, 11) is 2.16. The third-order valence-corrected chi connectivity index (χ3v) is 3.91. The third-order valence-electron chi connectivity index (χ3n) is 3.40. The van der Waals surface area contributed by atoms with Crippen molar-refractivity contribution in [1.29, 1.82) is 0 Å². The smallest absolute Gasteiger partial charge is 0.173 e. The van der Waals surface area contributed by atoms with Gasteiger partial charge in [-0.25, -0.2) is 0 Å². The van der Waals surface area contributed by atoms with Crippen molar-refractivity contribution < 1.29 is 4.79 Å². The first-order valence-electron chi connectivity index (χ1n) is 6.28. The van der Waals surface area contributed by atoms with Crippen molar-refractivity contribution in [3.8, 4) is 0 Å². The number of carbonyl (C=O) groups is 1. The summed E-state index contributed by atoms with van der Waals surface area (Å²) in [6.07, 6.45) is 0. The molecule has 0 saturated carbocycles. The minimum Gasteiger partial charge on any atom is -0.304 e. The fourth-order valence-corrected chi connectivity index (χ4v) is 2.46. The summed E-state index contributed by atoms with van der Waals surface area (Å²) in [6.45, 7) is 5.51. The van der Waals surface area contributed by atoms with Gasteiger partial charge in [-0.15, -0.1) is 17.0 Å². The Morgan fingerprint density at radius 1 is 1.16 bits per heavy atom. The van der Waals surface area contributed by atoms with Gasteiger partial charge in [-0.2, -0.15) is 0 Å². The highest BCUT2D eigenvalue weighted by Gasteiger charge is 2.13. The second-order valence-electron chi connectivity index (χ2n) is 4.83. The van der Waals surface area contributed by atoms with Gasteiger partial charge in [-0.1, -0.05) is 40.2 Å². The minimum atomic E-state index is 0. The number of piperazine rings is 1. The van der Waals surface area contributed by atoms with E-state index in [1.165, 1.54) is 5.56 Å². The molecular weight excluding hydrogens is 372 g/mol. The van der Waals surface area contributed by atoms with Crippen LogP contribution in [0.3, 0.4) is 0 Å². The molecule has 5 heteroatoms. The number of benzene rings is 1. The van der Waals surface area contributed by atoms with Crippen LogP contribution in [0.15, 0.2) is 24.3 Å². The lowest BCUT2D eigenvalue weighted by atomic mass is 10.1. The molecule has 19 heavy (non-hydrogen) atoms. The number of carbonyl (C=O) groups excluding carboxylic acids is 1. The van der Waals surface area contributed by atoms with E-state index in [9.17, 15) is 4.79 Å². The number of rotatable bonds is 4. The molecule has 0 unspecified atom stereocenters. The molecular formula is C14H20Br2N2O. The minimum absolute atomic E-state index is 0. The van der Waals surface area contributed by atoms with Crippen LogP contribution in [0.4, 0.5) is 0 Å². The van der Waals surface area contributed by atoms with Gasteiger partial charge in [0.15, 0.2) is 5.78 Å². The van der Waals surface area contributed by atoms with E-state index in [0.29, 0.717) is 5.33 Å². The lowest BCUT2D eigenvalue weighted by Gasteiger charge is -2.32. The Kier molecular flexibility index (Phi) is 7.21. The van der Waals surface area contributed by atoms with E-state index in [1.54, 1.807) is 0 Å². The van der Waals surface area contributed by atoms with Gasteiger partial charge in [0.2, 0.25) is 0 Å². The molecule has 3 nitrogen and oxygen atoms in total. The van der Waals surface area contributed by atoms with Crippen molar-refractivity contribution in [2.75, 3.05) is 38.6 Å². The molecule has 0 bridgehead atoms. The largest absolute Gasteiger partial charge is 0.304 e. The number of nitrogens with zero attached hydrogens (tertiary/aromatic N) is 2. The molecule has 0 aromatic heterocycles. The molecule has 0 amide bonds. The number of hydrogen-bond acceptors (Lipinski definition) is 3. The molecule has 0 radical (unpaired) electrons. The fourth-order valence-electron chi connectivity index (χ4n) is 2.14. The zero-order chi connectivity index (χ0) is 13.0. The van der Waals surface area contributed by atoms with Crippen molar-refractivity contribution in [3.63, 3.8) is 0 Å². The summed E-state index contributed by atoms with van der Waals surface area (Å²) in [5.74, 6) is 0.140. The van der Waals surface area contributed by atoms with Gasteiger partial charge in [-0.3, -0.25) is 9.69 Å². The van der Waals surface area contributed by atoms with Crippen LogP contribution < -0.4 is 0 Å². The van der Waals surface area contributed by atoms with Crippen molar-refractivity contribution in [2.45, 2.75) is 6.54 Å². The van der Waals surface area contributed by atoms with Gasteiger partial charge in [0.1, 0.15) is 0 Å². The van der Waals surface area contributed by atoms with Crippen LogP contribution in [0.2, 0.25) is 0 Å². The molecule has 0 N–H and O–H groups in total. The maximum atomic E-state index is 11.5. The second kappa shape index (κ2) is 8.15. The predicted molar refractivity (Wildman–Crippen MR) is 87.7 cm³/mol. The highest BCUT2D eigenvalue weighted by atomic mass is 79.9. The van der Waals surface area contributed by atoms with Crippen molar-refractivity contribution >= 4 is 38.7 Å². The molecule has 1 heterocycles. The number of likely N-dealkylation sites (N-methyl/N-ethyl adjacent to an activating group) is 1. The van der Waals surface area contributed by atoms with Gasteiger partial charge in [0.05, 0.1) is 5.33 Å². The number of alkyl halides is 1. The van der Waals surface area contributed by atoms with Gasteiger partial charge < -0.3 is 4.90 Å². The van der Waals surface area contributed by atoms with E-state index in [1.807, 2.05) is 12.1 Å². The molecule has 1 aromatic carbocycles. The molecule has 106 valence electrons. The average molecular weight is 392 g/mol. The number of ketones is 1. The highest BCUT2D eigenvalue weighted by Crippen LogP contribution is 2.10. The summed E-state index contributed by atoms with van der Waals surface area (Å²) in [4.78, 5) is 16.3. The van der Waals surface area contributed by atoms with Gasteiger partial charge in [0, 0.05) is 38.3 Å². The molecule has 0 spiro atoms. The summed E-state index contributed by atoms with van der Waals surface area (Å²) in [5, 5.41) is 0.394. The van der Waals surface area contributed by atoms with Gasteiger partial charge in [0.25, 0.3) is 0 Å². The molecule has 1 fully saturated rings. The maximum Gasteiger partial charge on any atom is 0.173 e. The standard InChI is InChI=1S/C14H19BrN2O.BrH/c1-16-6-8-17(9-7-16)11-12-2-4-13(5-3-12)14(18)10-15;/h2-5H,6-11H2,1H3;1H. The summed E-state index contributed by atoms with van der Waals surface area (Å²) in [5.41, 5.74) is 2.07. The molecule has 2 rings (SSSR count). The van der Waals surface area contributed by atoms with Crippen molar-refractivity contribution in [3.05, 3.63) is 35.4 Å². The van der Waals surface area contributed by atoms with Crippen LogP contribution in [-0.2, 0) is 6.54 Å². The lowest BCUT2D eigenvalue weighted by molar-refractivity contribution is 0.102. The van der Waals surface area contributed by atoms with Crippen LogP contribution >= 0.6 is 32.9 Å². The summed E-state index contributed by atoms with van der Waals surface area (Å²) in [6, 6.07) is 7.98. The topological polar surface area (TPSA) is 23.6 Å². The monoisotopic (exact) mass is 390 g/mol. The molecule has 1 saturated heterocycles. The Morgan fingerprint density at radius 2 is 1.74 bits per heavy atom. The van der Waals surface area contributed by atoms with Crippen molar-refractivity contribution in [1.82, 2.24) is 9.80 Å². The molecule has 1 aromatic rings. The number of hydrogen-bond donors (Lipinski definition) is 0. The Hall–Kier alpha value is -0.230. The Bertz CT molecular complexity index is 400. The Balaban J connectivity index is 0.00000180. The average Bonchev–Trinajstić information content (AvgIpc) is 2.41. The first kappa shape index (κ1) is 16.8. The van der Waals surface area contributed by atoms with Crippen molar-refractivity contribution in [2.24, 2.45) is 0 Å². The quantitative estimate of drug-likeness (QED) is 0.582. The SMILES string of the molecule is Br.CN1CCN(Cc2ccc(C(=O)CBr)cc2)CC1. The van der Waals surface area contributed by atoms with Gasteiger partial charge in [-0.05, 0) is 12.6 Å². The number of halogens is 2. The summed E-state index contributed by atoms with van der Waals surface area (Å²) < 4.78 is 0. The van der Waals surface area contributed by atoms with Crippen LogP contribution in [0, 0.1) is 0 Å². The molecule has 1 aliphatic heterocycles. The Labute approximate surface area is 133 Å². The van der Waals surface area contributed by atoms with E-state index >= 15 is 0 Å². The second-order valence-corrected chi connectivity index (χ2v) is 5.39. The molecule has 1 aliphatic rings. The van der Waals surface area contributed by atoms with E-state index in [-0.39, 0.29) is 22.8 Å². The highest BCUT2D eigenvalue weighted by molar-refractivity contribution is 9.09. The van der Waals surface area contributed by atoms with Crippen LogP contribution in [-0.4, -0.2) is 54.1 Å². The normalized spacial score (nSPS) is 16.9. The van der Waals surface area contributed by atoms with Crippen LogP contribution in [0.25, 0.3) is 0 Å². The van der Waals surface area contributed by atoms with E-state index in [2.05, 4.69) is 44.9 Å². The van der Waals surface area contributed by atoms with E-state index in [4.69, 9.17) is 0 Å². The predicted octanol–water partition coefficient (Wildman–Crippen LogP) is 2.59. The summed E-state index contributed by atoms with van der Waals surface area (Å²) >= 11 is 3.19. The van der Waals surface area contributed by atoms with Crippen LogP contribution in [0.5, 0.6) is 0 Å². The molecule has 0 atom stereocenters. The van der Waals surface area contributed by atoms with E-state index < -0.39 is 0 Å². The molecule has 0 aliphatic carbocycles. The van der Waals surface area contributed by atoms with Gasteiger partial charge >= 0.3 is 0 Å². The third kappa shape index (κ3) is 4.99. The number of Topliss-reactive ketones (excluding diaryl/α,β-unsaturated/α-hetero) is 1. The zero-order valence-corrected chi connectivity index (χ0v) is 14.4. The fraction of sp³-hybridized carbons (Fsp3) is 0.500.